The van der Waals surface area contributed by atoms with Gasteiger partial charge in [0.25, 0.3) is 0 Å². The van der Waals surface area contributed by atoms with E-state index in [-0.39, 0.29) is 24.4 Å². The first kappa shape index (κ1) is 23.1. The highest BCUT2D eigenvalue weighted by molar-refractivity contribution is 5.91. The minimum atomic E-state index is -0.635. The normalized spacial score (nSPS) is 22.3. The fraction of sp³-hybridized carbons (Fsp3) is 0.625. The molecule has 0 saturated carbocycles. The SMILES string of the molecule is CC(C)[C@@H](C(=O)OCc1ccccc1)N1CC[C@@]2(CCN(C(=O)OC(C)(C)C)C2)C1=O. The third kappa shape index (κ3) is 5.20. The highest BCUT2D eigenvalue weighted by Crippen LogP contribution is 2.42. The van der Waals surface area contributed by atoms with Gasteiger partial charge in [0.05, 0.1) is 5.41 Å². The molecule has 0 N–H and O–H groups in total. The molecular weight excluding hydrogens is 396 g/mol. The van der Waals surface area contributed by atoms with Gasteiger partial charge in [-0.1, -0.05) is 44.2 Å². The van der Waals surface area contributed by atoms with E-state index in [1.807, 2.05) is 65.0 Å². The van der Waals surface area contributed by atoms with E-state index in [4.69, 9.17) is 9.47 Å². The van der Waals surface area contributed by atoms with Crippen molar-refractivity contribution in [1.82, 2.24) is 9.80 Å². The van der Waals surface area contributed by atoms with E-state index < -0.39 is 23.2 Å². The molecule has 3 rings (SSSR count). The van der Waals surface area contributed by atoms with Gasteiger partial charge in [-0.3, -0.25) is 4.79 Å². The lowest BCUT2D eigenvalue weighted by molar-refractivity contribution is -0.158. The average Bonchev–Trinajstić information content (AvgIpc) is 3.26. The Morgan fingerprint density at radius 3 is 2.35 bits per heavy atom. The summed E-state index contributed by atoms with van der Waals surface area (Å²) in [5.41, 5.74) is -0.306. The molecule has 2 amide bonds. The predicted molar refractivity (Wildman–Crippen MR) is 116 cm³/mol. The van der Waals surface area contributed by atoms with Crippen molar-refractivity contribution >= 4 is 18.0 Å². The third-order valence-corrected chi connectivity index (χ3v) is 5.98. The van der Waals surface area contributed by atoms with Gasteiger partial charge in [-0.05, 0) is 45.1 Å². The van der Waals surface area contributed by atoms with Gasteiger partial charge in [-0.2, -0.15) is 0 Å². The number of likely N-dealkylation sites (tertiary alicyclic amines) is 2. The smallest absolute Gasteiger partial charge is 0.410 e. The molecule has 2 aliphatic heterocycles. The zero-order chi connectivity index (χ0) is 22.8. The summed E-state index contributed by atoms with van der Waals surface area (Å²) >= 11 is 0. The lowest BCUT2D eigenvalue weighted by atomic mass is 9.85. The Morgan fingerprint density at radius 1 is 1.10 bits per heavy atom. The van der Waals surface area contributed by atoms with Crippen LogP contribution in [-0.2, 0) is 25.7 Å². The summed E-state index contributed by atoms with van der Waals surface area (Å²) in [7, 11) is 0. The second-order valence-corrected chi connectivity index (χ2v) is 9.96. The lowest BCUT2D eigenvalue weighted by Crippen LogP contribution is -2.49. The second kappa shape index (κ2) is 8.89. The van der Waals surface area contributed by atoms with Crippen LogP contribution in [0.5, 0.6) is 0 Å². The van der Waals surface area contributed by atoms with E-state index in [0.717, 1.165) is 5.56 Å². The number of carbonyl (C=O) groups is 3. The molecule has 2 fully saturated rings. The van der Waals surface area contributed by atoms with Crippen molar-refractivity contribution in [1.29, 1.82) is 0 Å². The first-order valence-corrected chi connectivity index (χ1v) is 11.0. The second-order valence-electron chi connectivity index (χ2n) is 9.96. The number of ether oxygens (including phenoxy) is 2. The summed E-state index contributed by atoms with van der Waals surface area (Å²) in [6.45, 7) is 10.8. The van der Waals surface area contributed by atoms with Crippen LogP contribution in [0.3, 0.4) is 0 Å². The van der Waals surface area contributed by atoms with Crippen molar-refractivity contribution in [3.05, 3.63) is 35.9 Å². The first-order valence-electron chi connectivity index (χ1n) is 11.0. The van der Waals surface area contributed by atoms with Crippen molar-refractivity contribution in [2.75, 3.05) is 19.6 Å². The number of benzene rings is 1. The van der Waals surface area contributed by atoms with Gasteiger partial charge in [-0.25, -0.2) is 9.59 Å². The maximum absolute atomic E-state index is 13.4. The molecule has 2 saturated heterocycles. The first-order chi connectivity index (χ1) is 14.5. The van der Waals surface area contributed by atoms with Crippen LogP contribution in [0.1, 0.15) is 53.0 Å². The number of esters is 1. The van der Waals surface area contributed by atoms with Crippen LogP contribution in [0.25, 0.3) is 0 Å². The molecule has 1 aromatic carbocycles. The van der Waals surface area contributed by atoms with Gasteiger partial charge >= 0.3 is 12.1 Å². The molecule has 31 heavy (non-hydrogen) atoms. The molecule has 0 bridgehead atoms. The summed E-state index contributed by atoms with van der Waals surface area (Å²) in [5.74, 6) is -0.522. The van der Waals surface area contributed by atoms with Crippen LogP contribution in [0.4, 0.5) is 4.79 Å². The van der Waals surface area contributed by atoms with Crippen molar-refractivity contribution < 1.29 is 23.9 Å². The van der Waals surface area contributed by atoms with E-state index in [0.29, 0.717) is 32.5 Å². The van der Waals surface area contributed by atoms with Gasteiger partial charge in [-0.15, -0.1) is 0 Å². The van der Waals surface area contributed by atoms with E-state index >= 15 is 0 Å². The number of hydrogen-bond acceptors (Lipinski definition) is 5. The number of hydrogen-bond donors (Lipinski definition) is 0. The van der Waals surface area contributed by atoms with Gasteiger partial charge in [0.1, 0.15) is 18.2 Å². The van der Waals surface area contributed by atoms with Crippen LogP contribution < -0.4 is 0 Å². The Kier molecular flexibility index (Phi) is 6.62. The van der Waals surface area contributed by atoms with Crippen LogP contribution in [-0.4, -0.2) is 59.0 Å². The summed E-state index contributed by atoms with van der Waals surface area (Å²) in [6, 6.07) is 8.87. The highest BCUT2D eigenvalue weighted by atomic mass is 16.6. The predicted octanol–water partition coefficient (Wildman–Crippen LogP) is 3.61. The average molecular weight is 431 g/mol. The van der Waals surface area contributed by atoms with Crippen molar-refractivity contribution in [2.45, 2.75) is 65.7 Å². The Bertz CT molecular complexity index is 817. The standard InChI is InChI=1S/C24H34N2O5/c1-17(2)19(20(27)30-15-18-9-7-6-8-10-18)26-14-12-24(21(26)28)11-13-25(16-24)22(29)31-23(3,4)5/h6-10,17,19H,11-16H2,1-5H3/t19-,24+/m0/s1. The number of rotatable bonds is 5. The summed E-state index contributed by atoms with van der Waals surface area (Å²) in [6.07, 6.45) is 0.824. The van der Waals surface area contributed by atoms with Crippen LogP contribution in [0, 0.1) is 11.3 Å². The minimum absolute atomic E-state index is 0.0612. The largest absolute Gasteiger partial charge is 0.459 e. The number of carbonyl (C=O) groups excluding carboxylic acids is 3. The van der Waals surface area contributed by atoms with E-state index in [2.05, 4.69) is 0 Å². The quantitative estimate of drug-likeness (QED) is 0.667. The number of amides is 2. The molecule has 0 radical (unpaired) electrons. The highest BCUT2D eigenvalue weighted by Gasteiger charge is 2.54. The molecule has 2 heterocycles. The fourth-order valence-corrected chi connectivity index (χ4v) is 4.42. The molecule has 2 atom stereocenters. The van der Waals surface area contributed by atoms with Crippen molar-refractivity contribution in [3.8, 4) is 0 Å². The van der Waals surface area contributed by atoms with Crippen LogP contribution in [0.2, 0.25) is 0 Å². The maximum Gasteiger partial charge on any atom is 0.410 e. The van der Waals surface area contributed by atoms with Crippen LogP contribution in [0.15, 0.2) is 30.3 Å². The molecule has 0 aromatic heterocycles. The summed E-state index contributed by atoms with van der Waals surface area (Å²) < 4.78 is 11.0. The summed E-state index contributed by atoms with van der Waals surface area (Å²) in [5, 5.41) is 0. The zero-order valence-electron chi connectivity index (χ0n) is 19.2. The lowest BCUT2D eigenvalue weighted by Gasteiger charge is -2.31. The van der Waals surface area contributed by atoms with E-state index in [9.17, 15) is 14.4 Å². The minimum Gasteiger partial charge on any atom is -0.459 e. The monoisotopic (exact) mass is 430 g/mol. The van der Waals surface area contributed by atoms with Gasteiger partial charge in [0, 0.05) is 19.6 Å². The molecule has 1 spiro atoms. The Morgan fingerprint density at radius 2 is 1.74 bits per heavy atom. The van der Waals surface area contributed by atoms with Gasteiger partial charge in [0.15, 0.2) is 0 Å². The Labute approximate surface area is 184 Å². The molecule has 2 aliphatic rings. The van der Waals surface area contributed by atoms with E-state index in [1.165, 1.54) is 0 Å². The fourth-order valence-electron chi connectivity index (χ4n) is 4.42. The molecule has 0 unspecified atom stereocenters. The molecule has 7 heteroatoms. The zero-order valence-corrected chi connectivity index (χ0v) is 19.2. The van der Waals surface area contributed by atoms with E-state index in [1.54, 1.807) is 9.80 Å². The molecular formula is C24H34N2O5. The molecule has 0 aliphatic carbocycles. The van der Waals surface area contributed by atoms with Gasteiger partial charge < -0.3 is 19.3 Å². The molecule has 7 nitrogen and oxygen atoms in total. The van der Waals surface area contributed by atoms with Crippen molar-refractivity contribution in [3.63, 3.8) is 0 Å². The molecule has 170 valence electrons. The van der Waals surface area contributed by atoms with Crippen LogP contribution >= 0.6 is 0 Å². The maximum atomic E-state index is 13.4. The van der Waals surface area contributed by atoms with Crippen molar-refractivity contribution in [2.24, 2.45) is 11.3 Å². The number of nitrogens with zero attached hydrogens (tertiary/aromatic N) is 2. The topological polar surface area (TPSA) is 76.2 Å². The Balaban J connectivity index is 1.66. The summed E-state index contributed by atoms with van der Waals surface area (Å²) in [4.78, 5) is 42.1. The van der Waals surface area contributed by atoms with Gasteiger partial charge in [0.2, 0.25) is 5.91 Å². The Hall–Kier alpha value is -2.57. The molecule has 1 aromatic rings. The third-order valence-electron chi connectivity index (χ3n) is 5.98.